The second-order valence-corrected chi connectivity index (χ2v) is 4.22. The Labute approximate surface area is 93.4 Å². The van der Waals surface area contributed by atoms with Crippen molar-refractivity contribution in [2.45, 2.75) is 19.4 Å². The zero-order valence-corrected chi connectivity index (χ0v) is 10.2. The molecule has 0 aliphatic heterocycles. The number of hydrogen-bond acceptors (Lipinski definition) is 3. The predicted molar refractivity (Wildman–Crippen MR) is 63.5 cm³/mol. The van der Waals surface area contributed by atoms with Crippen LogP contribution in [0.2, 0.25) is 0 Å². The molecular formula is C10H16BrN3. The van der Waals surface area contributed by atoms with Crippen LogP contribution < -0.4 is 10.6 Å². The standard InChI is InChI=1S/C10H16BrN3/c1-8(3-5-12)14(2)10-4-6-13-7-9(10)11/h4,6-8H,3,5,12H2,1-2H3. The molecule has 1 heterocycles. The molecule has 0 saturated carbocycles. The molecule has 0 radical (unpaired) electrons. The fourth-order valence-electron chi connectivity index (χ4n) is 1.33. The lowest BCUT2D eigenvalue weighted by molar-refractivity contribution is 0.634. The van der Waals surface area contributed by atoms with E-state index < -0.39 is 0 Å². The van der Waals surface area contributed by atoms with Crippen molar-refractivity contribution in [3.63, 3.8) is 0 Å². The Morgan fingerprint density at radius 2 is 2.36 bits per heavy atom. The summed E-state index contributed by atoms with van der Waals surface area (Å²) in [5, 5.41) is 0. The van der Waals surface area contributed by atoms with Crippen molar-refractivity contribution in [2.24, 2.45) is 5.73 Å². The molecule has 0 amide bonds. The number of rotatable bonds is 4. The number of halogens is 1. The van der Waals surface area contributed by atoms with E-state index in [9.17, 15) is 0 Å². The van der Waals surface area contributed by atoms with E-state index in [4.69, 9.17) is 5.73 Å². The van der Waals surface area contributed by atoms with Gasteiger partial charge in [0.1, 0.15) is 0 Å². The minimum Gasteiger partial charge on any atom is -0.371 e. The molecule has 1 rings (SSSR count). The molecule has 14 heavy (non-hydrogen) atoms. The quantitative estimate of drug-likeness (QED) is 0.898. The lowest BCUT2D eigenvalue weighted by Gasteiger charge is -2.27. The van der Waals surface area contributed by atoms with Gasteiger partial charge < -0.3 is 10.6 Å². The van der Waals surface area contributed by atoms with E-state index in [0.717, 1.165) is 16.6 Å². The molecule has 0 fully saturated rings. The summed E-state index contributed by atoms with van der Waals surface area (Å²) in [6, 6.07) is 2.44. The van der Waals surface area contributed by atoms with E-state index in [0.29, 0.717) is 12.6 Å². The van der Waals surface area contributed by atoms with E-state index in [1.165, 1.54) is 0 Å². The summed E-state index contributed by atoms with van der Waals surface area (Å²) >= 11 is 3.48. The molecule has 0 aromatic carbocycles. The van der Waals surface area contributed by atoms with E-state index >= 15 is 0 Å². The van der Waals surface area contributed by atoms with Crippen LogP contribution in [-0.2, 0) is 0 Å². The zero-order chi connectivity index (χ0) is 10.6. The van der Waals surface area contributed by atoms with Crippen LogP contribution in [0.4, 0.5) is 5.69 Å². The van der Waals surface area contributed by atoms with Crippen molar-refractivity contribution in [2.75, 3.05) is 18.5 Å². The highest BCUT2D eigenvalue weighted by Gasteiger charge is 2.11. The molecule has 1 atom stereocenters. The van der Waals surface area contributed by atoms with Crippen molar-refractivity contribution in [1.29, 1.82) is 0 Å². The SMILES string of the molecule is CC(CCN)N(C)c1ccncc1Br. The van der Waals surface area contributed by atoms with Gasteiger partial charge >= 0.3 is 0 Å². The monoisotopic (exact) mass is 257 g/mol. The first-order chi connectivity index (χ1) is 6.66. The minimum atomic E-state index is 0.443. The number of pyridine rings is 1. The maximum Gasteiger partial charge on any atom is 0.0592 e. The Balaban J connectivity index is 2.78. The molecule has 78 valence electrons. The highest BCUT2D eigenvalue weighted by atomic mass is 79.9. The normalized spacial score (nSPS) is 12.6. The van der Waals surface area contributed by atoms with E-state index in [1.54, 1.807) is 12.4 Å². The van der Waals surface area contributed by atoms with Gasteiger partial charge in [-0.1, -0.05) is 0 Å². The predicted octanol–water partition coefficient (Wildman–Crippen LogP) is 2.02. The molecule has 1 aromatic rings. The van der Waals surface area contributed by atoms with Crippen LogP contribution in [0.1, 0.15) is 13.3 Å². The van der Waals surface area contributed by atoms with Gasteiger partial charge in [0.15, 0.2) is 0 Å². The molecule has 2 N–H and O–H groups in total. The smallest absolute Gasteiger partial charge is 0.0592 e. The zero-order valence-electron chi connectivity index (χ0n) is 8.57. The summed E-state index contributed by atoms with van der Waals surface area (Å²) in [6.45, 7) is 2.88. The topological polar surface area (TPSA) is 42.1 Å². The van der Waals surface area contributed by atoms with Crippen molar-refractivity contribution < 1.29 is 0 Å². The summed E-state index contributed by atoms with van der Waals surface area (Å²) in [7, 11) is 2.07. The van der Waals surface area contributed by atoms with Crippen LogP contribution >= 0.6 is 15.9 Å². The van der Waals surface area contributed by atoms with E-state index in [2.05, 4.69) is 39.8 Å². The lowest BCUT2D eigenvalue weighted by Crippen LogP contribution is -2.31. The highest BCUT2D eigenvalue weighted by Crippen LogP contribution is 2.25. The third kappa shape index (κ3) is 2.69. The van der Waals surface area contributed by atoms with Gasteiger partial charge in [-0.2, -0.15) is 0 Å². The Bertz CT molecular complexity index is 290. The fourth-order valence-corrected chi connectivity index (χ4v) is 1.86. The number of hydrogen-bond donors (Lipinski definition) is 1. The molecule has 0 aliphatic rings. The number of aromatic nitrogens is 1. The Kier molecular flexibility index (Phi) is 4.35. The largest absolute Gasteiger partial charge is 0.371 e. The second kappa shape index (κ2) is 5.32. The van der Waals surface area contributed by atoms with Crippen LogP contribution in [0.3, 0.4) is 0 Å². The molecule has 3 nitrogen and oxygen atoms in total. The maximum atomic E-state index is 5.53. The van der Waals surface area contributed by atoms with E-state index in [-0.39, 0.29) is 0 Å². The average molecular weight is 258 g/mol. The number of nitrogens with zero attached hydrogens (tertiary/aromatic N) is 2. The average Bonchev–Trinajstić information content (AvgIpc) is 2.18. The molecule has 0 aliphatic carbocycles. The summed E-state index contributed by atoms with van der Waals surface area (Å²) in [5.74, 6) is 0. The van der Waals surface area contributed by atoms with Crippen LogP contribution in [0.5, 0.6) is 0 Å². The molecule has 0 saturated heterocycles. The summed E-state index contributed by atoms with van der Waals surface area (Å²) in [6.07, 6.45) is 4.60. The van der Waals surface area contributed by atoms with Gasteiger partial charge in [0.25, 0.3) is 0 Å². The van der Waals surface area contributed by atoms with Crippen molar-refractivity contribution >= 4 is 21.6 Å². The lowest BCUT2D eigenvalue weighted by atomic mass is 10.2. The molecule has 1 unspecified atom stereocenters. The first kappa shape index (κ1) is 11.5. The van der Waals surface area contributed by atoms with Crippen molar-refractivity contribution in [3.05, 3.63) is 22.9 Å². The van der Waals surface area contributed by atoms with Crippen LogP contribution in [0.25, 0.3) is 0 Å². The Morgan fingerprint density at radius 3 is 2.93 bits per heavy atom. The molecule has 0 bridgehead atoms. The molecule has 0 spiro atoms. The molecular weight excluding hydrogens is 242 g/mol. The van der Waals surface area contributed by atoms with Gasteiger partial charge in [0.2, 0.25) is 0 Å². The third-order valence-corrected chi connectivity index (χ3v) is 2.99. The van der Waals surface area contributed by atoms with Gasteiger partial charge in [-0.15, -0.1) is 0 Å². The van der Waals surface area contributed by atoms with Crippen LogP contribution in [-0.4, -0.2) is 24.6 Å². The molecule has 1 aromatic heterocycles. The Hall–Kier alpha value is -0.610. The fraction of sp³-hybridized carbons (Fsp3) is 0.500. The maximum absolute atomic E-state index is 5.53. The van der Waals surface area contributed by atoms with Crippen LogP contribution in [0, 0.1) is 0 Å². The Morgan fingerprint density at radius 1 is 1.64 bits per heavy atom. The number of anilines is 1. The first-order valence-electron chi connectivity index (χ1n) is 4.69. The third-order valence-electron chi connectivity index (χ3n) is 2.38. The van der Waals surface area contributed by atoms with Gasteiger partial charge in [-0.05, 0) is 41.9 Å². The molecule has 4 heteroatoms. The number of nitrogens with two attached hydrogens (primary N) is 1. The summed E-state index contributed by atoms with van der Waals surface area (Å²) in [5.41, 5.74) is 6.69. The summed E-state index contributed by atoms with van der Waals surface area (Å²) < 4.78 is 1.02. The van der Waals surface area contributed by atoms with Gasteiger partial charge in [0.05, 0.1) is 10.2 Å². The van der Waals surface area contributed by atoms with Gasteiger partial charge in [0, 0.05) is 25.5 Å². The van der Waals surface area contributed by atoms with E-state index in [1.807, 2.05) is 6.07 Å². The second-order valence-electron chi connectivity index (χ2n) is 3.36. The summed E-state index contributed by atoms with van der Waals surface area (Å²) in [4.78, 5) is 6.24. The van der Waals surface area contributed by atoms with Gasteiger partial charge in [-0.25, -0.2) is 0 Å². The minimum absolute atomic E-state index is 0.443. The van der Waals surface area contributed by atoms with Crippen molar-refractivity contribution in [1.82, 2.24) is 4.98 Å². The van der Waals surface area contributed by atoms with Crippen LogP contribution in [0.15, 0.2) is 22.9 Å². The first-order valence-corrected chi connectivity index (χ1v) is 5.48. The van der Waals surface area contributed by atoms with Crippen molar-refractivity contribution in [3.8, 4) is 0 Å². The highest BCUT2D eigenvalue weighted by molar-refractivity contribution is 9.10. The van der Waals surface area contributed by atoms with Gasteiger partial charge in [-0.3, -0.25) is 4.98 Å².